The maximum absolute atomic E-state index is 12.5. The number of fused-ring (bicyclic) bond motifs is 5. The average Bonchev–Trinajstić information content (AvgIpc) is 3.67. The summed E-state index contributed by atoms with van der Waals surface area (Å²) in [5, 5.41) is 48.5. The second kappa shape index (κ2) is 14.6. The van der Waals surface area contributed by atoms with E-state index in [-0.39, 0.29) is 79.8 Å². The topological polar surface area (TPSA) is 195 Å². The van der Waals surface area contributed by atoms with Crippen LogP contribution in [0.15, 0.2) is 85.4 Å². The van der Waals surface area contributed by atoms with Gasteiger partial charge in [-0.1, -0.05) is 38.1 Å². The predicted octanol–water partition coefficient (Wildman–Crippen LogP) is -1.28. The fraction of sp³-hybridized carbons (Fsp3) is 0.294. The Bertz CT molecular complexity index is 1970. The van der Waals surface area contributed by atoms with Crippen LogP contribution >= 0.6 is 0 Å². The van der Waals surface area contributed by atoms with Crippen molar-refractivity contribution in [2.24, 2.45) is 26.8 Å². The monoisotopic (exact) mass is 720 g/mol. The van der Waals surface area contributed by atoms with Crippen LogP contribution in [0.5, 0.6) is 0 Å². The van der Waals surface area contributed by atoms with E-state index in [9.17, 15) is 34.8 Å². The third kappa shape index (κ3) is 6.75. The Balaban J connectivity index is 0.00000300. The van der Waals surface area contributed by atoms with Crippen molar-refractivity contribution in [3.05, 3.63) is 92.3 Å². The van der Waals surface area contributed by atoms with Crippen LogP contribution in [-0.2, 0) is 43.4 Å². The van der Waals surface area contributed by atoms with E-state index in [1.807, 2.05) is 20.8 Å². The molecule has 2 atom stereocenters. The molecule has 0 aromatic carbocycles. The van der Waals surface area contributed by atoms with Gasteiger partial charge in [0.2, 0.25) is 0 Å². The fourth-order valence-electron chi connectivity index (χ4n) is 6.29. The zero-order chi connectivity index (χ0) is 32.7. The van der Waals surface area contributed by atoms with Gasteiger partial charge in [-0.15, -0.1) is 17.0 Å². The second-order valence-corrected chi connectivity index (χ2v) is 11.2. The number of hydrogen-bond donors (Lipinski definition) is 0. The zero-order valence-corrected chi connectivity index (χ0v) is 28.1. The summed E-state index contributed by atoms with van der Waals surface area (Å²) in [7, 11) is 0. The van der Waals surface area contributed by atoms with Gasteiger partial charge < -0.3 is 39.8 Å². The largest absolute Gasteiger partial charge is 3.00 e. The summed E-state index contributed by atoms with van der Waals surface area (Å²) in [6.07, 6.45) is 6.76. The van der Waals surface area contributed by atoms with Crippen LogP contribution in [0.3, 0.4) is 0 Å². The molecule has 1 aromatic heterocycles. The number of rotatable bonds is 8. The van der Waals surface area contributed by atoms with Gasteiger partial charge in [-0.2, -0.15) is 0 Å². The van der Waals surface area contributed by atoms with E-state index in [2.05, 4.69) is 11.6 Å². The molecule has 1 aromatic rings. The van der Waals surface area contributed by atoms with Crippen molar-refractivity contribution >= 4 is 46.7 Å². The van der Waals surface area contributed by atoms with Gasteiger partial charge in [-0.25, -0.2) is 9.98 Å². The molecule has 0 spiro atoms. The predicted molar refractivity (Wildman–Crippen MR) is 159 cm³/mol. The molecular weight excluding hydrogens is 691 g/mol. The van der Waals surface area contributed by atoms with Crippen LogP contribution in [0.25, 0.3) is 11.6 Å². The van der Waals surface area contributed by atoms with Crippen molar-refractivity contribution < 1.29 is 68.7 Å². The average molecular weight is 720 g/mol. The third-order valence-corrected chi connectivity index (χ3v) is 8.64. The van der Waals surface area contributed by atoms with Crippen LogP contribution in [0.4, 0.5) is 0 Å². The number of hydrogen-bond acceptors (Lipinski definition) is 10. The van der Waals surface area contributed by atoms with Gasteiger partial charge in [0, 0.05) is 47.2 Å². The van der Waals surface area contributed by atoms with Crippen molar-refractivity contribution in [1.29, 1.82) is 0 Å². The van der Waals surface area contributed by atoms with Crippen LogP contribution in [0.2, 0.25) is 0 Å². The number of carbonyl (C=O) groups excluding carboxylic acids is 3. The SMILES string of the molecule is C=CC1=C(C)C2=NC1=CC1=NC(=C(CC)/C1=C\[O-])C=c1[n-]c(c(C(=O)[O-])c1C)=C(CC(=O)[O-])C1=NC(=C2)[C@@H](C)[C@@H]1CCC(=O)[O-].[Co+2].[Fe+3]. The molecule has 0 saturated carbocycles. The van der Waals surface area contributed by atoms with Crippen LogP contribution in [-0.4, -0.2) is 35.0 Å². The molecule has 4 aliphatic heterocycles. The number of carbonyl (C=O) groups is 3. The number of carboxylic acids is 3. The van der Waals surface area contributed by atoms with E-state index in [4.69, 9.17) is 15.0 Å². The number of carboxylic acid groups (broad SMARTS) is 3. The number of allylic oxidation sites excluding steroid dienone is 8. The Hall–Kier alpha value is -4.29. The van der Waals surface area contributed by atoms with Gasteiger partial charge in [0.05, 0.1) is 28.8 Å². The molecule has 13 heteroatoms. The number of aromatic carboxylic acids is 1. The number of aliphatic imine (C=N–C) groups is 3. The van der Waals surface area contributed by atoms with Crippen LogP contribution < -0.4 is 36.1 Å². The van der Waals surface area contributed by atoms with Crippen LogP contribution in [0, 0.1) is 18.8 Å². The summed E-state index contributed by atoms with van der Waals surface area (Å²) in [5.74, 6) is -5.40. The summed E-state index contributed by atoms with van der Waals surface area (Å²) in [4.78, 5) is 55.0. The Labute approximate surface area is 291 Å². The van der Waals surface area contributed by atoms with Gasteiger partial charge in [0.25, 0.3) is 0 Å². The van der Waals surface area contributed by atoms with E-state index in [1.54, 1.807) is 24.3 Å². The quantitative estimate of drug-likeness (QED) is 0.234. The molecule has 0 N–H and O–H groups in total. The van der Waals surface area contributed by atoms with Crippen molar-refractivity contribution in [3.63, 3.8) is 0 Å². The molecule has 0 amide bonds. The smallest absolute Gasteiger partial charge is 0.877 e. The molecular formula is C34H29CoFeN4O7. The maximum Gasteiger partial charge on any atom is 3.00 e. The van der Waals surface area contributed by atoms with Gasteiger partial charge in [-0.3, -0.25) is 4.99 Å². The van der Waals surface area contributed by atoms with Gasteiger partial charge in [-0.05, 0) is 73.1 Å². The molecule has 0 aliphatic carbocycles. The van der Waals surface area contributed by atoms with Crippen molar-refractivity contribution in [2.45, 2.75) is 53.4 Å². The number of aromatic nitrogens is 1. The van der Waals surface area contributed by atoms with Crippen molar-refractivity contribution in [1.82, 2.24) is 4.98 Å². The standard InChI is InChI=1S/C34H34N4O7.Co.Fe/c1-6-18-15(3)23-11-24-16(4)20(8-9-29(40)41)32(37-24)21(10-30(42)43)33-31(34(44)45)17(5)25(38-33)12-27-19(7-2)22(14-39)28(36-27)13-26(18)35-23;;/h6,11-14,16,20H,1,7-10H2,2-5H3,(H5,35,36,37,38,39,40,41,42,43,44,45);;/q;+2;+3/p-5/t16-,20-;;/m0../s1. The fourth-order valence-corrected chi connectivity index (χ4v) is 6.29. The third-order valence-electron chi connectivity index (χ3n) is 8.64. The summed E-state index contributed by atoms with van der Waals surface area (Å²) in [6.45, 7) is 11.0. The van der Waals surface area contributed by atoms with E-state index in [0.29, 0.717) is 52.3 Å². The minimum atomic E-state index is -1.58. The van der Waals surface area contributed by atoms with E-state index < -0.39 is 36.2 Å². The molecule has 4 aliphatic rings. The first kappa shape index (κ1) is 37.2. The summed E-state index contributed by atoms with van der Waals surface area (Å²) < 4.78 is 0. The Morgan fingerprint density at radius 3 is 2.28 bits per heavy atom. The molecule has 8 bridgehead atoms. The number of aliphatic carboxylic acids is 2. The molecule has 0 fully saturated rings. The van der Waals surface area contributed by atoms with Crippen molar-refractivity contribution in [3.8, 4) is 0 Å². The van der Waals surface area contributed by atoms with E-state index in [1.165, 1.54) is 6.92 Å². The Morgan fingerprint density at radius 2 is 1.70 bits per heavy atom. The Morgan fingerprint density at radius 1 is 1.00 bits per heavy atom. The number of nitrogens with zero attached hydrogens (tertiary/aromatic N) is 4. The normalized spacial score (nSPS) is 20.8. The molecule has 244 valence electrons. The minimum Gasteiger partial charge on any atom is -0.877 e. The van der Waals surface area contributed by atoms with Gasteiger partial charge in [0.1, 0.15) is 0 Å². The molecule has 2 radical (unpaired) electrons. The molecule has 0 saturated heterocycles. The van der Waals surface area contributed by atoms with Crippen molar-refractivity contribution in [2.75, 3.05) is 0 Å². The summed E-state index contributed by atoms with van der Waals surface area (Å²) >= 11 is 0. The van der Waals surface area contributed by atoms with Gasteiger partial charge >= 0.3 is 33.8 Å². The van der Waals surface area contributed by atoms with E-state index in [0.717, 1.165) is 11.1 Å². The first-order chi connectivity index (χ1) is 21.4. The van der Waals surface area contributed by atoms with Gasteiger partial charge in [0.15, 0.2) is 0 Å². The molecule has 5 rings (SSSR count). The summed E-state index contributed by atoms with van der Waals surface area (Å²) in [6, 6.07) is 0. The molecule has 0 unspecified atom stereocenters. The maximum atomic E-state index is 12.5. The molecule has 11 nitrogen and oxygen atoms in total. The summed E-state index contributed by atoms with van der Waals surface area (Å²) in [5.41, 5.74) is 4.82. The van der Waals surface area contributed by atoms with Crippen LogP contribution in [0.1, 0.15) is 62.4 Å². The first-order valence-corrected chi connectivity index (χ1v) is 14.5. The first-order valence-electron chi connectivity index (χ1n) is 14.5. The Kier molecular flexibility index (Phi) is 11.6. The van der Waals surface area contributed by atoms with E-state index >= 15 is 0 Å². The molecule has 5 heterocycles. The minimum absolute atomic E-state index is 0. The second-order valence-electron chi connectivity index (χ2n) is 11.2. The molecule has 47 heavy (non-hydrogen) atoms. The zero-order valence-electron chi connectivity index (χ0n) is 25.9.